The van der Waals surface area contributed by atoms with Crippen molar-refractivity contribution in [3.8, 4) is 0 Å². The van der Waals surface area contributed by atoms with Gasteiger partial charge in [-0.25, -0.2) is 4.98 Å². The van der Waals surface area contributed by atoms with Crippen molar-refractivity contribution in [1.82, 2.24) is 14.9 Å². The van der Waals surface area contributed by atoms with Crippen LogP contribution in [0.5, 0.6) is 0 Å². The molecule has 0 fully saturated rings. The van der Waals surface area contributed by atoms with E-state index in [0.29, 0.717) is 25.5 Å². The Morgan fingerprint density at radius 2 is 2.17 bits per heavy atom. The summed E-state index contributed by atoms with van der Waals surface area (Å²) in [6.45, 7) is 5.44. The maximum absolute atomic E-state index is 12.8. The molecule has 0 saturated carbocycles. The van der Waals surface area contributed by atoms with Gasteiger partial charge in [-0.15, -0.1) is 11.3 Å². The summed E-state index contributed by atoms with van der Waals surface area (Å²) in [4.78, 5) is 24.7. The summed E-state index contributed by atoms with van der Waals surface area (Å²) in [6, 6.07) is 3.74. The van der Waals surface area contributed by atoms with E-state index in [0.717, 1.165) is 35.2 Å². The number of thiophene rings is 1. The van der Waals surface area contributed by atoms with Gasteiger partial charge in [-0.3, -0.25) is 9.69 Å². The third-order valence-corrected chi connectivity index (χ3v) is 6.48. The highest BCUT2D eigenvalue weighted by molar-refractivity contribution is 7.18. The van der Waals surface area contributed by atoms with Gasteiger partial charge in [-0.1, -0.05) is 0 Å². The van der Waals surface area contributed by atoms with Crippen LogP contribution in [-0.4, -0.2) is 45.3 Å². The molecule has 4 rings (SSSR count). The zero-order chi connectivity index (χ0) is 21.1. The number of hydrogen-bond acceptors (Lipinski definition) is 7. The minimum atomic E-state index is -0.646. The van der Waals surface area contributed by atoms with Gasteiger partial charge in [-0.2, -0.15) is 0 Å². The number of hydrogen-bond donors (Lipinski definition) is 2. The SMILES string of the molecule is CC(C)OC[C@H](O)CN(Cc1nc2sc3c(c2c(=O)[nH]1)CCCC3)Cc1ccco1. The highest BCUT2D eigenvalue weighted by atomic mass is 32.1. The van der Waals surface area contributed by atoms with E-state index >= 15 is 0 Å². The van der Waals surface area contributed by atoms with Crippen LogP contribution < -0.4 is 5.56 Å². The molecule has 1 aliphatic carbocycles. The van der Waals surface area contributed by atoms with Crippen LogP contribution in [-0.2, 0) is 30.7 Å². The first kappa shape index (κ1) is 21.2. The summed E-state index contributed by atoms with van der Waals surface area (Å²) >= 11 is 1.65. The maximum Gasteiger partial charge on any atom is 0.259 e. The monoisotopic (exact) mass is 431 g/mol. The minimum absolute atomic E-state index is 0.0588. The molecule has 0 saturated heterocycles. The van der Waals surface area contributed by atoms with Crippen molar-refractivity contribution in [3.05, 3.63) is 50.8 Å². The number of aryl methyl sites for hydroxylation is 2. The summed E-state index contributed by atoms with van der Waals surface area (Å²) < 4.78 is 11.0. The van der Waals surface area contributed by atoms with Gasteiger partial charge in [0.15, 0.2) is 0 Å². The number of aliphatic hydroxyl groups excluding tert-OH is 1. The second kappa shape index (κ2) is 9.43. The largest absolute Gasteiger partial charge is 0.468 e. The predicted molar refractivity (Wildman–Crippen MR) is 117 cm³/mol. The molecule has 0 radical (unpaired) electrons. The van der Waals surface area contributed by atoms with E-state index in [2.05, 4.69) is 4.98 Å². The van der Waals surface area contributed by atoms with E-state index in [1.54, 1.807) is 17.6 Å². The van der Waals surface area contributed by atoms with Gasteiger partial charge in [0.2, 0.25) is 0 Å². The molecule has 0 spiro atoms. The Bertz CT molecular complexity index is 1030. The van der Waals surface area contributed by atoms with Crippen molar-refractivity contribution in [2.45, 2.75) is 64.8 Å². The minimum Gasteiger partial charge on any atom is -0.468 e. The van der Waals surface area contributed by atoms with Crippen LogP contribution >= 0.6 is 11.3 Å². The first-order valence-electron chi connectivity index (χ1n) is 10.6. The van der Waals surface area contributed by atoms with Crippen molar-refractivity contribution >= 4 is 21.6 Å². The number of rotatable bonds is 9. The van der Waals surface area contributed by atoms with E-state index < -0.39 is 6.10 Å². The number of aromatic amines is 1. The Hall–Kier alpha value is -2.00. The summed E-state index contributed by atoms with van der Waals surface area (Å²) in [5.41, 5.74) is 1.13. The molecule has 2 N–H and O–H groups in total. The Labute approximate surface area is 179 Å². The molecule has 1 atom stereocenters. The zero-order valence-corrected chi connectivity index (χ0v) is 18.3. The molecule has 3 aromatic rings. The second-order valence-corrected chi connectivity index (χ2v) is 9.27. The first-order chi connectivity index (χ1) is 14.5. The lowest BCUT2D eigenvalue weighted by molar-refractivity contribution is -0.0117. The Morgan fingerprint density at radius 1 is 1.33 bits per heavy atom. The average Bonchev–Trinajstić information content (AvgIpc) is 3.33. The number of nitrogens with zero attached hydrogens (tertiary/aromatic N) is 2. The lowest BCUT2D eigenvalue weighted by atomic mass is 9.97. The number of aliphatic hydroxyl groups is 1. The van der Waals surface area contributed by atoms with Crippen LogP contribution in [0.2, 0.25) is 0 Å². The fraction of sp³-hybridized carbons (Fsp3) is 0.545. The van der Waals surface area contributed by atoms with Crippen molar-refractivity contribution in [3.63, 3.8) is 0 Å². The molecule has 3 heterocycles. The molecule has 8 heteroatoms. The fourth-order valence-electron chi connectivity index (χ4n) is 3.96. The second-order valence-electron chi connectivity index (χ2n) is 8.19. The van der Waals surface area contributed by atoms with Gasteiger partial charge in [0, 0.05) is 11.4 Å². The fourth-order valence-corrected chi connectivity index (χ4v) is 5.24. The van der Waals surface area contributed by atoms with E-state index in [1.807, 2.05) is 30.9 Å². The van der Waals surface area contributed by atoms with Crippen LogP contribution in [0.1, 0.15) is 48.7 Å². The van der Waals surface area contributed by atoms with Crippen molar-refractivity contribution in [2.75, 3.05) is 13.2 Å². The molecule has 0 amide bonds. The maximum atomic E-state index is 12.8. The Kier molecular flexibility index (Phi) is 6.67. The number of furan rings is 1. The van der Waals surface area contributed by atoms with Crippen molar-refractivity contribution < 1.29 is 14.3 Å². The smallest absolute Gasteiger partial charge is 0.259 e. The molecule has 30 heavy (non-hydrogen) atoms. The lowest BCUT2D eigenvalue weighted by Crippen LogP contribution is -2.35. The molecular formula is C22H29N3O4S. The van der Waals surface area contributed by atoms with Crippen LogP contribution in [0.4, 0.5) is 0 Å². The third-order valence-electron chi connectivity index (χ3n) is 5.30. The van der Waals surface area contributed by atoms with E-state index in [9.17, 15) is 9.90 Å². The van der Waals surface area contributed by atoms with Gasteiger partial charge in [0.1, 0.15) is 16.4 Å². The average molecular weight is 432 g/mol. The van der Waals surface area contributed by atoms with Gasteiger partial charge in [-0.05, 0) is 57.2 Å². The number of fused-ring (bicyclic) bond motifs is 3. The predicted octanol–water partition coefficient (Wildman–Crippen LogP) is 3.24. The molecule has 0 aromatic carbocycles. The molecule has 0 bridgehead atoms. The molecule has 0 aliphatic heterocycles. The van der Waals surface area contributed by atoms with Gasteiger partial charge < -0.3 is 19.2 Å². The summed E-state index contributed by atoms with van der Waals surface area (Å²) in [5, 5.41) is 11.2. The van der Waals surface area contributed by atoms with Crippen molar-refractivity contribution in [2.24, 2.45) is 0 Å². The quantitative estimate of drug-likeness (QED) is 0.540. The summed E-state index contributed by atoms with van der Waals surface area (Å²) in [6.07, 6.45) is 5.36. The van der Waals surface area contributed by atoms with Gasteiger partial charge >= 0.3 is 0 Å². The van der Waals surface area contributed by atoms with Crippen LogP contribution in [0.15, 0.2) is 27.6 Å². The number of H-pyrrole nitrogens is 1. The highest BCUT2D eigenvalue weighted by Crippen LogP contribution is 2.33. The molecular weight excluding hydrogens is 402 g/mol. The summed E-state index contributed by atoms with van der Waals surface area (Å²) in [5.74, 6) is 1.40. The molecule has 7 nitrogen and oxygen atoms in total. The number of aromatic nitrogens is 2. The number of ether oxygens (including phenoxy) is 1. The topological polar surface area (TPSA) is 91.6 Å². The van der Waals surface area contributed by atoms with Gasteiger partial charge in [0.25, 0.3) is 5.56 Å². The zero-order valence-electron chi connectivity index (χ0n) is 17.5. The van der Waals surface area contributed by atoms with E-state index in [-0.39, 0.29) is 18.3 Å². The number of nitrogens with one attached hydrogen (secondary N) is 1. The molecule has 1 aliphatic rings. The summed E-state index contributed by atoms with van der Waals surface area (Å²) in [7, 11) is 0. The van der Waals surface area contributed by atoms with Crippen LogP contribution in [0, 0.1) is 0 Å². The van der Waals surface area contributed by atoms with E-state index in [4.69, 9.17) is 14.1 Å². The van der Waals surface area contributed by atoms with Crippen LogP contribution in [0.25, 0.3) is 10.2 Å². The molecule has 162 valence electrons. The molecule has 0 unspecified atom stereocenters. The Balaban J connectivity index is 1.55. The third kappa shape index (κ3) is 5.00. The van der Waals surface area contributed by atoms with Gasteiger partial charge in [0.05, 0.1) is 43.6 Å². The Morgan fingerprint density at radius 3 is 2.93 bits per heavy atom. The highest BCUT2D eigenvalue weighted by Gasteiger charge is 2.21. The van der Waals surface area contributed by atoms with Crippen LogP contribution in [0.3, 0.4) is 0 Å². The van der Waals surface area contributed by atoms with E-state index in [1.165, 1.54) is 16.9 Å². The first-order valence-corrected chi connectivity index (χ1v) is 11.4. The standard InChI is InChI=1S/C22H29N3O4S/c1-14(2)29-13-15(26)10-25(11-16-6-5-9-28-16)12-19-23-21(27)20-17-7-3-4-8-18(17)30-22(20)24-19/h5-6,9,14-15,26H,3-4,7-8,10-13H2,1-2H3,(H,23,24,27)/t15-/m1/s1. The normalized spacial score (nSPS) is 15.2. The molecule has 3 aromatic heterocycles. The lowest BCUT2D eigenvalue weighted by Gasteiger charge is -2.24. The van der Waals surface area contributed by atoms with Crippen molar-refractivity contribution in [1.29, 1.82) is 0 Å².